The third-order valence-electron chi connectivity index (χ3n) is 6.98. The van der Waals surface area contributed by atoms with E-state index >= 15 is 0 Å². The van der Waals surface area contributed by atoms with Crippen LogP contribution in [0, 0.1) is 5.41 Å². The average molecular weight is 483 g/mol. The molecule has 4 rings (SSSR count). The maximum Gasteiger partial charge on any atom is 0.263 e. The van der Waals surface area contributed by atoms with Crippen molar-refractivity contribution in [2.24, 2.45) is 5.41 Å². The van der Waals surface area contributed by atoms with E-state index in [9.17, 15) is 24.0 Å². The van der Waals surface area contributed by atoms with Gasteiger partial charge in [-0.1, -0.05) is 26.8 Å². The molecule has 0 bridgehead atoms. The second-order valence-electron chi connectivity index (χ2n) is 10.6. The van der Waals surface area contributed by atoms with E-state index in [-0.39, 0.29) is 41.8 Å². The molecule has 35 heavy (non-hydrogen) atoms. The molecule has 5 amide bonds. The second-order valence-corrected chi connectivity index (χ2v) is 10.6. The fraction of sp³-hybridized carbons (Fsp3) is 0.577. The lowest BCUT2D eigenvalue weighted by molar-refractivity contribution is -0.143. The number of imide groups is 1. The van der Waals surface area contributed by atoms with E-state index < -0.39 is 23.3 Å². The first-order valence-electron chi connectivity index (χ1n) is 12.5. The number of fused-ring (bicyclic) bond motifs is 1. The van der Waals surface area contributed by atoms with Gasteiger partial charge in [-0.2, -0.15) is 0 Å². The molecule has 3 aliphatic rings. The highest BCUT2D eigenvalue weighted by atomic mass is 16.2. The predicted molar refractivity (Wildman–Crippen MR) is 130 cm³/mol. The number of hydrogen-bond acceptors (Lipinski definition) is 5. The number of likely N-dealkylation sites (tertiary alicyclic amines) is 2. The smallest absolute Gasteiger partial charge is 0.263 e. The van der Waals surface area contributed by atoms with Gasteiger partial charge in [0.1, 0.15) is 6.04 Å². The van der Waals surface area contributed by atoms with E-state index in [1.165, 1.54) is 0 Å². The van der Waals surface area contributed by atoms with Crippen molar-refractivity contribution in [3.8, 4) is 0 Å². The Bertz CT molecular complexity index is 1050. The normalized spacial score (nSPS) is 20.0. The van der Waals surface area contributed by atoms with Crippen LogP contribution in [-0.4, -0.2) is 76.5 Å². The molecule has 9 nitrogen and oxygen atoms in total. The highest BCUT2D eigenvalue weighted by molar-refractivity contribution is 6.24. The summed E-state index contributed by atoms with van der Waals surface area (Å²) in [6.45, 7) is 7.49. The van der Waals surface area contributed by atoms with Crippen molar-refractivity contribution < 1.29 is 24.0 Å². The van der Waals surface area contributed by atoms with Crippen molar-refractivity contribution in [3.05, 3.63) is 29.3 Å². The minimum atomic E-state index is -0.655. The number of benzene rings is 1. The predicted octanol–water partition coefficient (Wildman–Crippen LogP) is 2.66. The fourth-order valence-corrected chi connectivity index (χ4v) is 4.95. The molecule has 0 aromatic heterocycles. The van der Waals surface area contributed by atoms with E-state index in [1.54, 1.807) is 43.9 Å². The largest absolute Gasteiger partial charge is 0.341 e. The molecule has 2 saturated heterocycles. The van der Waals surface area contributed by atoms with Crippen molar-refractivity contribution in [3.63, 3.8) is 0 Å². The lowest BCUT2D eigenvalue weighted by atomic mass is 9.95. The Morgan fingerprint density at radius 1 is 1.00 bits per heavy atom. The van der Waals surface area contributed by atoms with Gasteiger partial charge in [0.2, 0.25) is 17.7 Å². The highest BCUT2D eigenvalue weighted by Gasteiger charge is 2.39. The Hall–Kier alpha value is -3.23. The molecule has 0 spiro atoms. The van der Waals surface area contributed by atoms with Crippen LogP contribution in [0.2, 0.25) is 0 Å². The van der Waals surface area contributed by atoms with Gasteiger partial charge in [-0.3, -0.25) is 28.9 Å². The number of nitrogens with one attached hydrogen (secondary N) is 1. The molecule has 1 atom stereocenters. The van der Waals surface area contributed by atoms with Gasteiger partial charge in [-0.25, -0.2) is 0 Å². The first-order chi connectivity index (χ1) is 16.6. The molecule has 0 aliphatic carbocycles. The van der Waals surface area contributed by atoms with Crippen LogP contribution < -0.4 is 5.32 Å². The zero-order chi connectivity index (χ0) is 25.3. The standard InChI is InChI=1S/C26H34N4O5/c1-26(2,3)25(35)27-18-10-6-9-17-21(18)24(34)30(22(17)32)16-8-12-20(31)29-15-7-11-19(29)23(33)28-13-4-5-14-28/h6,9-10,19H,4-5,7-8,11-16H2,1-3H3,(H,27,35)/t19-/m0/s1. The summed E-state index contributed by atoms with van der Waals surface area (Å²) >= 11 is 0. The minimum absolute atomic E-state index is 0.0403. The summed E-state index contributed by atoms with van der Waals surface area (Å²) in [5.41, 5.74) is 0.110. The van der Waals surface area contributed by atoms with Crippen molar-refractivity contribution in [2.75, 3.05) is 31.5 Å². The molecule has 1 N–H and O–H groups in total. The summed E-state index contributed by atoms with van der Waals surface area (Å²) in [5, 5.41) is 2.77. The molecule has 3 heterocycles. The second kappa shape index (κ2) is 9.79. The number of carbonyl (C=O) groups excluding carboxylic acids is 5. The fourth-order valence-electron chi connectivity index (χ4n) is 4.95. The van der Waals surface area contributed by atoms with Gasteiger partial charge in [-0.05, 0) is 44.2 Å². The van der Waals surface area contributed by atoms with E-state index in [1.807, 2.05) is 4.90 Å². The molecule has 0 saturated carbocycles. The Kier molecular flexibility index (Phi) is 6.96. The van der Waals surface area contributed by atoms with Gasteiger partial charge >= 0.3 is 0 Å². The van der Waals surface area contributed by atoms with Crippen LogP contribution in [0.5, 0.6) is 0 Å². The van der Waals surface area contributed by atoms with Crippen molar-refractivity contribution in [1.82, 2.24) is 14.7 Å². The van der Waals surface area contributed by atoms with Gasteiger partial charge in [0.05, 0.1) is 16.8 Å². The van der Waals surface area contributed by atoms with Gasteiger partial charge in [0.15, 0.2) is 0 Å². The van der Waals surface area contributed by atoms with Gasteiger partial charge < -0.3 is 15.1 Å². The number of anilines is 1. The molecule has 9 heteroatoms. The lowest BCUT2D eigenvalue weighted by Gasteiger charge is -2.28. The van der Waals surface area contributed by atoms with Crippen LogP contribution in [0.1, 0.15) is 80.0 Å². The zero-order valence-electron chi connectivity index (χ0n) is 20.8. The number of rotatable bonds is 6. The van der Waals surface area contributed by atoms with E-state index in [0.29, 0.717) is 25.1 Å². The van der Waals surface area contributed by atoms with Crippen LogP contribution >= 0.6 is 0 Å². The summed E-state index contributed by atoms with van der Waals surface area (Å²) in [7, 11) is 0. The molecule has 2 fully saturated rings. The first-order valence-corrected chi connectivity index (χ1v) is 12.5. The maximum absolute atomic E-state index is 13.1. The van der Waals surface area contributed by atoms with Crippen LogP contribution in [0.25, 0.3) is 0 Å². The highest BCUT2D eigenvalue weighted by Crippen LogP contribution is 2.31. The quantitative estimate of drug-likeness (QED) is 0.628. The molecule has 188 valence electrons. The molecule has 0 unspecified atom stereocenters. The molecule has 3 aliphatic heterocycles. The monoisotopic (exact) mass is 482 g/mol. The van der Waals surface area contributed by atoms with E-state index in [4.69, 9.17) is 0 Å². The number of amides is 5. The van der Waals surface area contributed by atoms with Crippen LogP contribution in [0.3, 0.4) is 0 Å². The summed E-state index contributed by atoms with van der Waals surface area (Å²) < 4.78 is 0. The minimum Gasteiger partial charge on any atom is -0.341 e. The van der Waals surface area contributed by atoms with Gasteiger partial charge in [0, 0.05) is 38.0 Å². The number of hydrogen-bond donors (Lipinski definition) is 1. The third-order valence-corrected chi connectivity index (χ3v) is 6.98. The maximum atomic E-state index is 13.1. The molecular weight excluding hydrogens is 448 g/mol. The van der Waals surface area contributed by atoms with E-state index in [2.05, 4.69) is 5.32 Å². The molecule has 1 aromatic carbocycles. The van der Waals surface area contributed by atoms with Crippen molar-refractivity contribution in [1.29, 1.82) is 0 Å². The number of nitrogens with zero attached hydrogens (tertiary/aromatic N) is 3. The van der Waals surface area contributed by atoms with Crippen molar-refractivity contribution >= 4 is 35.2 Å². The lowest BCUT2D eigenvalue weighted by Crippen LogP contribution is -2.47. The molecular formula is C26H34N4O5. The Labute approximate surface area is 205 Å². The van der Waals surface area contributed by atoms with Crippen LogP contribution in [0.4, 0.5) is 5.69 Å². The summed E-state index contributed by atoms with van der Waals surface area (Å²) in [5.74, 6) is -1.22. The van der Waals surface area contributed by atoms with Crippen molar-refractivity contribution in [2.45, 2.75) is 65.3 Å². The Balaban J connectivity index is 1.37. The topological polar surface area (TPSA) is 107 Å². The summed E-state index contributed by atoms with van der Waals surface area (Å²) in [4.78, 5) is 68.9. The Morgan fingerprint density at radius 3 is 2.40 bits per heavy atom. The van der Waals surface area contributed by atoms with Gasteiger partial charge in [-0.15, -0.1) is 0 Å². The van der Waals surface area contributed by atoms with Crippen LogP contribution in [0.15, 0.2) is 18.2 Å². The SMILES string of the molecule is CC(C)(C)C(=O)Nc1cccc2c1C(=O)N(CCCC(=O)N1CCC[C@H]1C(=O)N1CCCC1)C2=O. The average Bonchev–Trinajstić information content (AvgIpc) is 3.56. The Morgan fingerprint density at radius 2 is 1.71 bits per heavy atom. The first kappa shape index (κ1) is 24.9. The van der Waals surface area contributed by atoms with Gasteiger partial charge in [0.25, 0.3) is 11.8 Å². The summed E-state index contributed by atoms with van der Waals surface area (Å²) in [6, 6.07) is 4.44. The zero-order valence-corrected chi connectivity index (χ0v) is 20.8. The van der Waals surface area contributed by atoms with Crippen LogP contribution in [-0.2, 0) is 14.4 Å². The molecule has 0 radical (unpaired) electrons. The van der Waals surface area contributed by atoms with E-state index in [0.717, 1.165) is 37.3 Å². The molecule has 1 aromatic rings. The number of carbonyl (C=O) groups is 5. The third kappa shape index (κ3) is 4.94. The summed E-state index contributed by atoms with van der Waals surface area (Å²) in [6.07, 6.45) is 3.97.